The third kappa shape index (κ3) is 5.26. The van der Waals surface area contributed by atoms with Crippen LogP contribution in [0.25, 0.3) is 0 Å². The van der Waals surface area contributed by atoms with Crippen molar-refractivity contribution < 1.29 is 9.47 Å². The molecule has 112 valence electrons. The van der Waals surface area contributed by atoms with E-state index in [1.807, 2.05) is 48.5 Å². The zero-order valence-electron chi connectivity index (χ0n) is 12.1. The predicted octanol–water partition coefficient (Wildman–Crippen LogP) is 3.48. The van der Waals surface area contributed by atoms with Crippen molar-refractivity contribution in [3.8, 4) is 11.5 Å². The lowest BCUT2D eigenvalue weighted by molar-refractivity contribution is 0.280. The van der Waals surface area contributed by atoms with Gasteiger partial charge in [-0.3, -0.25) is 0 Å². The lowest BCUT2D eigenvalue weighted by atomic mass is 10.2. The summed E-state index contributed by atoms with van der Waals surface area (Å²) < 4.78 is 11.3. The van der Waals surface area contributed by atoms with Crippen LogP contribution < -0.4 is 20.9 Å². The first-order valence-electron chi connectivity index (χ1n) is 7.21. The van der Waals surface area contributed by atoms with Crippen LogP contribution in [0.4, 0.5) is 11.4 Å². The van der Waals surface area contributed by atoms with Crippen molar-refractivity contribution in [1.82, 2.24) is 0 Å². The second-order valence-corrected chi connectivity index (χ2v) is 4.86. The Kier molecular flexibility index (Phi) is 5.76. The molecule has 0 aromatic heterocycles. The molecule has 2 aromatic carbocycles. The Hall–Kier alpha value is -2.36. The van der Waals surface area contributed by atoms with Crippen LogP contribution in [0.3, 0.4) is 0 Å². The van der Waals surface area contributed by atoms with Crippen LogP contribution in [0.2, 0.25) is 0 Å². The van der Waals surface area contributed by atoms with Crippen molar-refractivity contribution in [3.63, 3.8) is 0 Å². The van der Waals surface area contributed by atoms with Gasteiger partial charge >= 0.3 is 0 Å². The largest absolute Gasteiger partial charge is 0.494 e. The highest BCUT2D eigenvalue weighted by Crippen LogP contribution is 2.20. The van der Waals surface area contributed by atoms with Crippen LogP contribution in [0.5, 0.6) is 11.5 Å². The van der Waals surface area contributed by atoms with Gasteiger partial charge in [0.15, 0.2) is 0 Å². The van der Waals surface area contributed by atoms with Crippen molar-refractivity contribution in [2.75, 3.05) is 24.7 Å². The predicted molar refractivity (Wildman–Crippen MR) is 86.5 cm³/mol. The van der Waals surface area contributed by atoms with Gasteiger partial charge in [0, 0.05) is 5.69 Å². The SMILES string of the molecule is Nc1ccc(OCCCCCOc2ccccc2N)cc1. The summed E-state index contributed by atoms with van der Waals surface area (Å²) in [7, 11) is 0. The van der Waals surface area contributed by atoms with Crippen LogP contribution >= 0.6 is 0 Å². The van der Waals surface area contributed by atoms with Gasteiger partial charge < -0.3 is 20.9 Å². The topological polar surface area (TPSA) is 70.5 Å². The Morgan fingerprint density at radius 3 is 2.10 bits per heavy atom. The van der Waals surface area contributed by atoms with Gasteiger partial charge in [-0.15, -0.1) is 0 Å². The number of benzene rings is 2. The molecule has 0 fully saturated rings. The normalized spacial score (nSPS) is 10.3. The van der Waals surface area contributed by atoms with Gasteiger partial charge in [0.2, 0.25) is 0 Å². The van der Waals surface area contributed by atoms with Gasteiger partial charge in [0.25, 0.3) is 0 Å². The van der Waals surface area contributed by atoms with E-state index < -0.39 is 0 Å². The zero-order valence-corrected chi connectivity index (χ0v) is 12.1. The van der Waals surface area contributed by atoms with Crippen LogP contribution in [0.1, 0.15) is 19.3 Å². The number of unbranched alkanes of at least 4 members (excludes halogenated alkanes) is 2. The van der Waals surface area contributed by atoms with E-state index >= 15 is 0 Å². The van der Waals surface area contributed by atoms with Crippen LogP contribution in [-0.2, 0) is 0 Å². The Balaban J connectivity index is 1.54. The number of para-hydroxylation sites is 2. The molecule has 0 radical (unpaired) electrons. The Morgan fingerprint density at radius 2 is 1.38 bits per heavy atom. The molecule has 0 bridgehead atoms. The Labute approximate surface area is 125 Å². The van der Waals surface area contributed by atoms with Crippen LogP contribution in [0, 0.1) is 0 Å². The van der Waals surface area contributed by atoms with Gasteiger partial charge in [-0.2, -0.15) is 0 Å². The molecule has 0 heterocycles. The second kappa shape index (κ2) is 8.04. The van der Waals surface area contributed by atoms with E-state index in [9.17, 15) is 0 Å². The summed E-state index contributed by atoms with van der Waals surface area (Å²) in [5, 5.41) is 0. The quantitative estimate of drug-likeness (QED) is 0.575. The molecule has 0 atom stereocenters. The molecule has 4 nitrogen and oxygen atoms in total. The van der Waals surface area contributed by atoms with Crippen LogP contribution in [-0.4, -0.2) is 13.2 Å². The lowest BCUT2D eigenvalue weighted by Crippen LogP contribution is -2.02. The fraction of sp³-hybridized carbons (Fsp3) is 0.294. The maximum Gasteiger partial charge on any atom is 0.142 e. The van der Waals surface area contributed by atoms with Gasteiger partial charge in [-0.25, -0.2) is 0 Å². The summed E-state index contributed by atoms with van der Waals surface area (Å²) in [6, 6.07) is 15.0. The number of rotatable bonds is 8. The van der Waals surface area contributed by atoms with Gasteiger partial charge in [0.05, 0.1) is 18.9 Å². The molecule has 0 aliphatic carbocycles. The molecule has 0 saturated heterocycles. The first kappa shape index (κ1) is 15.0. The van der Waals surface area contributed by atoms with Crippen molar-refractivity contribution in [1.29, 1.82) is 0 Å². The average Bonchev–Trinajstić information content (AvgIpc) is 2.50. The molecule has 0 aliphatic heterocycles. The maximum atomic E-state index is 5.80. The number of nitrogen functional groups attached to an aromatic ring is 2. The van der Waals surface area contributed by atoms with Crippen molar-refractivity contribution in [2.24, 2.45) is 0 Å². The minimum atomic E-state index is 0.677. The number of hydrogen-bond acceptors (Lipinski definition) is 4. The summed E-state index contributed by atoms with van der Waals surface area (Å²) in [5.74, 6) is 1.62. The minimum Gasteiger partial charge on any atom is -0.494 e. The molecule has 0 amide bonds. The highest BCUT2D eigenvalue weighted by atomic mass is 16.5. The third-order valence-electron chi connectivity index (χ3n) is 3.11. The molecule has 2 rings (SSSR count). The molecule has 21 heavy (non-hydrogen) atoms. The molecule has 0 spiro atoms. The monoisotopic (exact) mass is 286 g/mol. The lowest BCUT2D eigenvalue weighted by Gasteiger charge is -2.09. The molecule has 4 N–H and O–H groups in total. The first-order chi connectivity index (χ1) is 10.3. The zero-order chi connectivity index (χ0) is 14.9. The molecule has 0 aliphatic rings. The molecular weight excluding hydrogens is 264 g/mol. The van der Waals surface area contributed by atoms with E-state index in [1.165, 1.54) is 0 Å². The number of ether oxygens (including phenoxy) is 2. The van der Waals surface area contributed by atoms with E-state index in [0.717, 1.165) is 36.4 Å². The van der Waals surface area contributed by atoms with Gasteiger partial charge in [-0.1, -0.05) is 12.1 Å². The smallest absolute Gasteiger partial charge is 0.142 e. The van der Waals surface area contributed by atoms with Crippen LogP contribution in [0.15, 0.2) is 48.5 Å². The van der Waals surface area contributed by atoms with Gasteiger partial charge in [-0.05, 0) is 55.7 Å². The van der Waals surface area contributed by atoms with Gasteiger partial charge in [0.1, 0.15) is 11.5 Å². The highest BCUT2D eigenvalue weighted by molar-refractivity contribution is 5.51. The first-order valence-corrected chi connectivity index (χ1v) is 7.21. The summed E-state index contributed by atoms with van der Waals surface area (Å²) in [6.45, 7) is 1.38. The van der Waals surface area contributed by atoms with E-state index in [0.29, 0.717) is 18.9 Å². The second-order valence-electron chi connectivity index (χ2n) is 4.86. The van der Waals surface area contributed by atoms with E-state index in [4.69, 9.17) is 20.9 Å². The van der Waals surface area contributed by atoms with Crippen molar-refractivity contribution in [2.45, 2.75) is 19.3 Å². The number of nitrogens with two attached hydrogens (primary N) is 2. The fourth-order valence-electron chi connectivity index (χ4n) is 1.93. The highest BCUT2D eigenvalue weighted by Gasteiger charge is 1.98. The van der Waals surface area contributed by atoms with Crippen molar-refractivity contribution in [3.05, 3.63) is 48.5 Å². The van der Waals surface area contributed by atoms with E-state index in [1.54, 1.807) is 0 Å². The molecule has 4 heteroatoms. The summed E-state index contributed by atoms with van der Waals surface area (Å²) >= 11 is 0. The van der Waals surface area contributed by atoms with E-state index in [2.05, 4.69) is 0 Å². The Morgan fingerprint density at radius 1 is 0.714 bits per heavy atom. The Bertz CT molecular complexity index is 541. The summed E-state index contributed by atoms with van der Waals surface area (Å²) in [6.07, 6.45) is 3.04. The molecule has 0 unspecified atom stereocenters. The fourth-order valence-corrected chi connectivity index (χ4v) is 1.93. The standard InChI is InChI=1S/C17H22N2O2/c18-14-8-10-15(11-9-14)20-12-4-1-5-13-21-17-7-3-2-6-16(17)19/h2-3,6-11H,1,4-5,12-13,18-19H2. The number of anilines is 2. The van der Waals surface area contributed by atoms with E-state index in [-0.39, 0.29) is 0 Å². The minimum absolute atomic E-state index is 0.677. The maximum absolute atomic E-state index is 5.80. The molecular formula is C17H22N2O2. The third-order valence-corrected chi connectivity index (χ3v) is 3.11. The molecule has 2 aromatic rings. The molecule has 0 saturated carbocycles. The summed E-state index contributed by atoms with van der Waals surface area (Å²) in [4.78, 5) is 0. The summed E-state index contributed by atoms with van der Waals surface area (Å²) in [5.41, 5.74) is 12.9. The number of hydrogen-bond donors (Lipinski definition) is 2. The van der Waals surface area contributed by atoms with Crippen molar-refractivity contribution >= 4 is 11.4 Å². The average molecular weight is 286 g/mol.